The van der Waals surface area contributed by atoms with Gasteiger partial charge in [-0.05, 0) is 77.8 Å². The zero-order valence-corrected chi connectivity index (χ0v) is 15.1. The summed E-state index contributed by atoms with van der Waals surface area (Å²) in [4.78, 5) is 7.01. The van der Waals surface area contributed by atoms with Gasteiger partial charge in [-0.15, -0.1) is 0 Å². The Morgan fingerprint density at radius 3 is 2.67 bits per heavy atom. The molecule has 1 N–H and O–H groups in total. The third-order valence-electron chi connectivity index (χ3n) is 5.20. The lowest BCUT2D eigenvalue weighted by molar-refractivity contribution is 0.172. The fourth-order valence-electron chi connectivity index (χ4n) is 3.61. The van der Waals surface area contributed by atoms with E-state index < -0.39 is 0 Å². The van der Waals surface area contributed by atoms with Crippen LogP contribution in [0.4, 0.5) is 0 Å². The van der Waals surface area contributed by atoms with E-state index in [1.54, 1.807) is 0 Å². The number of hydrogen-bond acceptors (Lipinski definition) is 4. The molecule has 0 atom stereocenters. The summed E-state index contributed by atoms with van der Waals surface area (Å²) >= 11 is 0. The quantitative estimate of drug-likeness (QED) is 0.886. The van der Waals surface area contributed by atoms with E-state index in [0.29, 0.717) is 0 Å². The van der Waals surface area contributed by atoms with Crippen LogP contribution in [0.5, 0.6) is 0 Å². The number of nitrogens with one attached hydrogen (secondary N) is 1. The number of nitrogens with zero attached hydrogens (tertiary/aromatic N) is 4. The van der Waals surface area contributed by atoms with E-state index in [-0.39, 0.29) is 0 Å². The summed E-state index contributed by atoms with van der Waals surface area (Å²) in [5.41, 5.74) is 3.69. The standard InChI is InChI=1S/C19H29N5/c1-15-18(14-23-12-8-17(9-13-23)7-11-20-3)16(2)24(22-15)19-6-4-5-10-21-19/h4-6,10,17,20H,7-9,11-14H2,1-3H3. The van der Waals surface area contributed by atoms with Gasteiger partial charge < -0.3 is 5.32 Å². The second-order valence-electron chi connectivity index (χ2n) is 6.86. The van der Waals surface area contributed by atoms with Crippen molar-refractivity contribution in [3.05, 3.63) is 41.3 Å². The summed E-state index contributed by atoms with van der Waals surface area (Å²) in [6, 6.07) is 5.96. The molecule has 3 heterocycles. The van der Waals surface area contributed by atoms with Gasteiger partial charge in [-0.1, -0.05) is 6.07 Å². The molecule has 5 nitrogen and oxygen atoms in total. The van der Waals surface area contributed by atoms with E-state index >= 15 is 0 Å². The molecule has 0 bridgehead atoms. The first kappa shape index (κ1) is 17.1. The molecule has 2 aromatic rings. The van der Waals surface area contributed by atoms with Crippen LogP contribution in [-0.2, 0) is 6.54 Å². The van der Waals surface area contributed by atoms with E-state index in [1.807, 2.05) is 36.1 Å². The fourth-order valence-corrected chi connectivity index (χ4v) is 3.61. The molecule has 5 heteroatoms. The minimum Gasteiger partial charge on any atom is -0.320 e. The summed E-state index contributed by atoms with van der Waals surface area (Å²) in [6.45, 7) is 8.80. The van der Waals surface area contributed by atoms with Gasteiger partial charge in [0.1, 0.15) is 0 Å². The van der Waals surface area contributed by atoms with Gasteiger partial charge in [-0.2, -0.15) is 5.10 Å². The first-order valence-corrected chi connectivity index (χ1v) is 9.02. The second-order valence-corrected chi connectivity index (χ2v) is 6.86. The largest absolute Gasteiger partial charge is 0.320 e. The molecule has 0 unspecified atom stereocenters. The normalized spacial score (nSPS) is 16.6. The van der Waals surface area contributed by atoms with Gasteiger partial charge in [-0.3, -0.25) is 4.90 Å². The van der Waals surface area contributed by atoms with Crippen LogP contribution in [0.15, 0.2) is 24.4 Å². The van der Waals surface area contributed by atoms with Crippen LogP contribution in [0.2, 0.25) is 0 Å². The molecule has 1 aliphatic heterocycles. The molecule has 0 spiro atoms. The number of rotatable bonds is 6. The summed E-state index contributed by atoms with van der Waals surface area (Å²) < 4.78 is 1.98. The molecule has 130 valence electrons. The van der Waals surface area contributed by atoms with E-state index in [0.717, 1.165) is 30.5 Å². The molecule has 0 radical (unpaired) electrons. The van der Waals surface area contributed by atoms with Crippen molar-refractivity contribution in [2.24, 2.45) is 5.92 Å². The summed E-state index contributed by atoms with van der Waals surface area (Å²) in [6.07, 6.45) is 5.75. The van der Waals surface area contributed by atoms with Gasteiger partial charge >= 0.3 is 0 Å². The highest BCUT2D eigenvalue weighted by Gasteiger charge is 2.21. The Labute approximate surface area is 145 Å². The summed E-state index contributed by atoms with van der Waals surface area (Å²) in [7, 11) is 2.04. The Balaban J connectivity index is 1.65. The van der Waals surface area contributed by atoms with Crippen LogP contribution in [0, 0.1) is 19.8 Å². The molecule has 24 heavy (non-hydrogen) atoms. The molecule has 1 aliphatic rings. The molecule has 2 aromatic heterocycles. The Morgan fingerprint density at radius 2 is 2.00 bits per heavy atom. The lowest BCUT2D eigenvalue weighted by atomic mass is 9.93. The third-order valence-corrected chi connectivity index (χ3v) is 5.20. The molecule has 0 aromatic carbocycles. The minimum atomic E-state index is 0.882. The number of likely N-dealkylation sites (tertiary alicyclic amines) is 1. The van der Waals surface area contributed by atoms with E-state index in [4.69, 9.17) is 5.10 Å². The predicted octanol–water partition coefficient (Wildman–Crippen LogP) is 2.71. The number of hydrogen-bond donors (Lipinski definition) is 1. The van der Waals surface area contributed by atoms with Crippen LogP contribution in [0.25, 0.3) is 5.82 Å². The van der Waals surface area contributed by atoms with Gasteiger partial charge in [0, 0.05) is 24.0 Å². The van der Waals surface area contributed by atoms with Gasteiger partial charge in [-0.25, -0.2) is 9.67 Å². The Bertz CT molecular complexity index is 641. The van der Waals surface area contributed by atoms with Crippen LogP contribution in [0.1, 0.15) is 36.2 Å². The summed E-state index contributed by atoms with van der Waals surface area (Å²) in [5, 5.41) is 7.99. The van der Waals surface area contributed by atoms with E-state index in [2.05, 4.69) is 29.0 Å². The zero-order valence-electron chi connectivity index (χ0n) is 15.1. The number of pyridine rings is 1. The lowest BCUT2D eigenvalue weighted by Gasteiger charge is -2.32. The SMILES string of the molecule is CNCCC1CCN(Cc2c(C)nn(-c3ccccn3)c2C)CC1. The van der Waals surface area contributed by atoms with Gasteiger partial charge in [0.25, 0.3) is 0 Å². The van der Waals surface area contributed by atoms with Gasteiger partial charge in [0.15, 0.2) is 5.82 Å². The fraction of sp³-hybridized carbons (Fsp3) is 0.579. The molecule has 1 fully saturated rings. The highest BCUT2D eigenvalue weighted by atomic mass is 15.3. The van der Waals surface area contributed by atoms with Crippen molar-refractivity contribution in [1.29, 1.82) is 0 Å². The van der Waals surface area contributed by atoms with Crippen molar-refractivity contribution in [2.45, 2.75) is 39.7 Å². The lowest BCUT2D eigenvalue weighted by Crippen LogP contribution is -2.34. The van der Waals surface area contributed by atoms with Crippen LogP contribution in [0.3, 0.4) is 0 Å². The van der Waals surface area contributed by atoms with Gasteiger partial charge in [0.05, 0.1) is 5.69 Å². The predicted molar refractivity (Wildman–Crippen MR) is 97.4 cm³/mol. The number of piperidine rings is 1. The Hall–Kier alpha value is -1.72. The first-order chi connectivity index (χ1) is 11.7. The Kier molecular flexibility index (Phi) is 5.63. The smallest absolute Gasteiger partial charge is 0.153 e. The van der Waals surface area contributed by atoms with Crippen molar-refractivity contribution < 1.29 is 0 Å². The van der Waals surface area contributed by atoms with Crippen LogP contribution >= 0.6 is 0 Å². The van der Waals surface area contributed by atoms with Crippen LogP contribution in [-0.4, -0.2) is 46.3 Å². The monoisotopic (exact) mass is 327 g/mol. The first-order valence-electron chi connectivity index (χ1n) is 9.02. The molecule has 1 saturated heterocycles. The van der Waals surface area contributed by atoms with Crippen molar-refractivity contribution in [1.82, 2.24) is 25.0 Å². The van der Waals surface area contributed by atoms with Crippen molar-refractivity contribution in [2.75, 3.05) is 26.7 Å². The number of aryl methyl sites for hydroxylation is 1. The molecule has 0 aliphatic carbocycles. The zero-order chi connectivity index (χ0) is 16.9. The van der Waals surface area contributed by atoms with Gasteiger partial charge in [0.2, 0.25) is 0 Å². The van der Waals surface area contributed by atoms with E-state index in [9.17, 15) is 0 Å². The Morgan fingerprint density at radius 1 is 1.21 bits per heavy atom. The highest BCUT2D eigenvalue weighted by molar-refractivity contribution is 5.32. The average molecular weight is 327 g/mol. The minimum absolute atomic E-state index is 0.882. The topological polar surface area (TPSA) is 46.0 Å². The van der Waals surface area contributed by atoms with E-state index in [1.165, 1.54) is 43.6 Å². The average Bonchev–Trinajstić information content (AvgIpc) is 2.90. The van der Waals surface area contributed by atoms with Crippen molar-refractivity contribution in [3.8, 4) is 5.82 Å². The molecule has 0 amide bonds. The molecule has 0 saturated carbocycles. The molecule has 3 rings (SSSR count). The molecular weight excluding hydrogens is 298 g/mol. The maximum absolute atomic E-state index is 4.72. The van der Waals surface area contributed by atoms with Crippen LogP contribution < -0.4 is 5.32 Å². The summed E-state index contributed by atoms with van der Waals surface area (Å²) in [5.74, 6) is 1.78. The second kappa shape index (κ2) is 7.90. The maximum Gasteiger partial charge on any atom is 0.153 e. The molecular formula is C19H29N5. The third kappa shape index (κ3) is 3.84. The maximum atomic E-state index is 4.72. The van der Waals surface area contributed by atoms with Crippen molar-refractivity contribution in [3.63, 3.8) is 0 Å². The highest BCUT2D eigenvalue weighted by Crippen LogP contribution is 2.24. The number of aromatic nitrogens is 3. The van der Waals surface area contributed by atoms with Crippen molar-refractivity contribution >= 4 is 0 Å².